The summed E-state index contributed by atoms with van der Waals surface area (Å²) < 4.78 is 26.6. The van der Waals surface area contributed by atoms with E-state index >= 15 is 0 Å². The highest BCUT2D eigenvalue weighted by Crippen LogP contribution is 2.32. The largest absolute Gasteiger partial charge is 0.380 e. The first-order valence-corrected chi connectivity index (χ1v) is 8.54. The number of nitrogens with one attached hydrogen (secondary N) is 2. The summed E-state index contributed by atoms with van der Waals surface area (Å²) in [7, 11) is 0. The van der Waals surface area contributed by atoms with E-state index in [0.717, 1.165) is 35.6 Å². The highest BCUT2D eigenvalue weighted by molar-refractivity contribution is 5.92. The number of benzene rings is 1. The van der Waals surface area contributed by atoms with Crippen molar-refractivity contribution in [2.75, 3.05) is 5.32 Å². The van der Waals surface area contributed by atoms with E-state index in [2.05, 4.69) is 21.4 Å². The molecule has 25 heavy (non-hydrogen) atoms. The average molecular weight is 339 g/mol. The number of aromatic amines is 1. The van der Waals surface area contributed by atoms with Gasteiger partial charge in [0.2, 0.25) is 0 Å². The normalized spacial score (nSPS) is 14.6. The van der Waals surface area contributed by atoms with Crippen molar-refractivity contribution in [2.45, 2.75) is 32.2 Å². The molecule has 0 saturated heterocycles. The van der Waals surface area contributed by atoms with Gasteiger partial charge in [-0.15, -0.1) is 0 Å². The Morgan fingerprint density at radius 1 is 1.08 bits per heavy atom. The third-order valence-corrected chi connectivity index (χ3v) is 4.59. The molecule has 0 atom stereocenters. The second kappa shape index (κ2) is 6.67. The van der Waals surface area contributed by atoms with E-state index in [1.165, 1.54) is 36.1 Å². The zero-order chi connectivity index (χ0) is 17.2. The van der Waals surface area contributed by atoms with Crippen LogP contribution in [0.4, 0.5) is 14.5 Å². The molecule has 0 bridgehead atoms. The van der Waals surface area contributed by atoms with Gasteiger partial charge in [0.05, 0.1) is 11.9 Å². The molecule has 128 valence electrons. The number of aromatic nitrogens is 2. The van der Waals surface area contributed by atoms with E-state index < -0.39 is 11.6 Å². The smallest absolute Gasteiger partial charge is 0.138 e. The predicted molar refractivity (Wildman–Crippen MR) is 96.2 cm³/mol. The summed E-state index contributed by atoms with van der Waals surface area (Å²) in [5.74, 6) is -1.13. The number of fused-ring (bicyclic) bond motifs is 1. The Kier molecular flexibility index (Phi) is 4.22. The lowest BCUT2D eigenvalue weighted by atomic mass is 9.94. The molecule has 3 nitrogen and oxygen atoms in total. The van der Waals surface area contributed by atoms with Crippen LogP contribution in [0.5, 0.6) is 0 Å². The molecule has 0 radical (unpaired) electrons. The van der Waals surface area contributed by atoms with Gasteiger partial charge in [0.25, 0.3) is 0 Å². The summed E-state index contributed by atoms with van der Waals surface area (Å²) in [4.78, 5) is 7.67. The van der Waals surface area contributed by atoms with Gasteiger partial charge in [0.15, 0.2) is 0 Å². The Bertz CT molecular complexity index is 923. The van der Waals surface area contributed by atoms with Crippen LogP contribution >= 0.6 is 0 Å². The minimum absolute atomic E-state index is 0.338. The molecular weight excluding hydrogens is 320 g/mol. The standard InChI is InChI=1S/C20H19F2N3/c21-15-6-13(7-16(22)8-15)10-23-17-9-18-19(12-25-20(18)24-11-17)14-4-2-1-3-5-14/h4,6-9,11-12,23H,1-3,5,10H2,(H,24,25). The molecule has 2 heterocycles. The summed E-state index contributed by atoms with van der Waals surface area (Å²) >= 11 is 0. The van der Waals surface area contributed by atoms with Crippen molar-refractivity contribution in [3.8, 4) is 0 Å². The Morgan fingerprint density at radius 2 is 1.92 bits per heavy atom. The number of halogens is 2. The molecule has 4 rings (SSSR count). The maximum Gasteiger partial charge on any atom is 0.138 e. The Morgan fingerprint density at radius 3 is 2.68 bits per heavy atom. The molecule has 1 aliphatic carbocycles. The molecule has 2 N–H and O–H groups in total. The Labute approximate surface area is 144 Å². The minimum atomic E-state index is -0.567. The number of allylic oxidation sites excluding steroid dienone is 2. The van der Waals surface area contributed by atoms with E-state index in [1.807, 2.05) is 12.3 Å². The molecule has 0 fully saturated rings. The number of pyridine rings is 1. The lowest BCUT2D eigenvalue weighted by molar-refractivity contribution is 0.580. The molecule has 0 unspecified atom stereocenters. The van der Waals surface area contributed by atoms with Gasteiger partial charge in [-0.25, -0.2) is 13.8 Å². The number of anilines is 1. The lowest BCUT2D eigenvalue weighted by Gasteiger charge is -2.12. The van der Waals surface area contributed by atoms with Gasteiger partial charge in [-0.2, -0.15) is 0 Å². The number of hydrogen-bond acceptors (Lipinski definition) is 2. The van der Waals surface area contributed by atoms with Crippen LogP contribution in [0.2, 0.25) is 0 Å². The fourth-order valence-electron chi connectivity index (χ4n) is 3.37. The molecule has 0 aliphatic heterocycles. The summed E-state index contributed by atoms with van der Waals surface area (Å²) in [5, 5.41) is 4.27. The van der Waals surface area contributed by atoms with Crippen LogP contribution < -0.4 is 5.32 Å². The van der Waals surface area contributed by atoms with Gasteiger partial charge >= 0.3 is 0 Å². The maximum absolute atomic E-state index is 13.3. The lowest BCUT2D eigenvalue weighted by Crippen LogP contribution is -2.01. The number of hydrogen-bond donors (Lipinski definition) is 2. The summed E-state index contributed by atoms with van der Waals surface area (Å²) in [6.07, 6.45) is 10.7. The Balaban J connectivity index is 1.59. The van der Waals surface area contributed by atoms with Gasteiger partial charge in [0, 0.05) is 29.8 Å². The van der Waals surface area contributed by atoms with E-state index in [4.69, 9.17) is 0 Å². The van der Waals surface area contributed by atoms with Crippen LogP contribution in [0.3, 0.4) is 0 Å². The molecule has 0 amide bonds. The monoisotopic (exact) mass is 339 g/mol. The van der Waals surface area contributed by atoms with Crippen LogP contribution in [-0.4, -0.2) is 9.97 Å². The molecule has 1 aliphatic rings. The fraction of sp³-hybridized carbons (Fsp3) is 0.250. The van der Waals surface area contributed by atoms with Gasteiger partial charge in [-0.1, -0.05) is 6.08 Å². The second-order valence-corrected chi connectivity index (χ2v) is 6.43. The summed E-state index contributed by atoms with van der Waals surface area (Å²) in [6.45, 7) is 0.338. The zero-order valence-corrected chi connectivity index (χ0v) is 13.8. The van der Waals surface area contributed by atoms with Crippen LogP contribution in [-0.2, 0) is 6.54 Å². The highest BCUT2D eigenvalue weighted by atomic mass is 19.1. The number of nitrogens with zero attached hydrogens (tertiary/aromatic N) is 1. The van der Waals surface area contributed by atoms with Crippen molar-refractivity contribution in [2.24, 2.45) is 0 Å². The van der Waals surface area contributed by atoms with Crippen LogP contribution in [0, 0.1) is 11.6 Å². The Hall–Kier alpha value is -2.69. The second-order valence-electron chi connectivity index (χ2n) is 6.43. The van der Waals surface area contributed by atoms with Crippen molar-refractivity contribution >= 4 is 22.3 Å². The quantitative estimate of drug-likeness (QED) is 0.667. The van der Waals surface area contributed by atoms with E-state index in [0.29, 0.717) is 12.1 Å². The SMILES string of the molecule is Fc1cc(F)cc(CNc2cnc3[nH]cc(C4=CCCCC4)c3c2)c1. The van der Waals surface area contributed by atoms with Crippen molar-refractivity contribution in [1.29, 1.82) is 0 Å². The van der Waals surface area contributed by atoms with Crippen LogP contribution in [0.1, 0.15) is 36.8 Å². The minimum Gasteiger partial charge on any atom is -0.380 e. The molecule has 5 heteroatoms. The summed E-state index contributed by atoms with van der Waals surface area (Å²) in [5.41, 5.74) is 4.80. The molecular formula is C20H19F2N3. The number of H-pyrrole nitrogens is 1. The van der Waals surface area contributed by atoms with E-state index in [1.54, 1.807) is 6.20 Å². The zero-order valence-electron chi connectivity index (χ0n) is 13.8. The number of rotatable bonds is 4. The van der Waals surface area contributed by atoms with Crippen molar-refractivity contribution < 1.29 is 8.78 Å². The van der Waals surface area contributed by atoms with Gasteiger partial charge < -0.3 is 10.3 Å². The van der Waals surface area contributed by atoms with E-state index in [9.17, 15) is 8.78 Å². The van der Waals surface area contributed by atoms with Crippen molar-refractivity contribution in [3.63, 3.8) is 0 Å². The molecule has 0 saturated carbocycles. The molecule has 2 aromatic heterocycles. The first-order chi connectivity index (χ1) is 12.2. The van der Waals surface area contributed by atoms with Gasteiger partial charge in [-0.05, 0) is 55.0 Å². The van der Waals surface area contributed by atoms with Crippen molar-refractivity contribution in [1.82, 2.24) is 9.97 Å². The van der Waals surface area contributed by atoms with Gasteiger partial charge in [-0.3, -0.25) is 0 Å². The van der Waals surface area contributed by atoms with Crippen LogP contribution in [0.15, 0.2) is 42.7 Å². The topological polar surface area (TPSA) is 40.7 Å². The molecule has 3 aromatic rings. The van der Waals surface area contributed by atoms with Gasteiger partial charge in [0.1, 0.15) is 17.3 Å². The van der Waals surface area contributed by atoms with Crippen LogP contribution in [0.25, 0.3) is 16.6 Å². The third kappa shape index (κ3) is 3.40. The van der Waals surface area contributed by atoms with E-state index in [-0.39, 0.29) is 0 Å². The molecule has 1 aromatic carbocycles. The highest BCUT2D eigenvalue weighted by Gasteiger charge is 2.12. The summed E-state index contributed by atoms with van der Waals surface area (Å²) in [6, 6.07) is 5.58. The predicted octanol–water partition coefficient (Wildman–Crippen LogP) is 5.41. The first-order valence-electron chi connectivity index (χ1n) is 8.54. The third-order valence-electron chi connectivity index (χ3n) is 4.59. The maximum atomic E-state index is 13.3. The van der Waals surface area contributed by atoms with Crippen molar-refractivity contribution in [3.05, 3.63) is 65.5 Å². The first kappa shape index (κ1) is 15.8. The molecule has 0 spiro atoms. The average Bonchev–Trinajstić information content (AvgIpc) is 3.03. The fourth-order valence-corrected chi connectivity index (χ4v) is 3.37.